The van der Waals surface area contributed by atoms with Crippen LogP contribution in [0.5, 0.6) is 0 Å². The molecule has 2 nitrogen and oxygen atoms in total. The zero-order valence-electron chi connectivity index (χ0n) is 8.38. The maximum atomic E-state index is 11.7. The molecule has 1 atom stereocenters. The topological polar surface area (TPSA) is 43.1 Å². The Hall–Kier alpha value is -0.830. The zero-order chi connectivity index (χ0) is 10.7. The number of hydrogen-bond donors (Lipinski definition) is 1. The minimum absolute atomic E-state index is 0.0396. The largest absolute Gasteiger partial charge is 0.398 e. The number of rotatable bonds is 3. The summed E-state index contributed by atoms with van der Waals surface area (Å²) >= 11 is 3.25. The summed E-state index contributed by atoms with van der Waals surface area (Å²) in [6.45, 7) is 3.86. The van der Waals surface area contributed by atoms with Gasteiger partial charge in [0.2, 0.25) is 0 Å². The number of nitrogen functional groups attached to an aromatic ring is 1. The molecular formula is C11H14BrNO. The Labute approximate surface area is 92.6 Å². The van der Waals surface area contributed by atoms with E-state index in [4.69, 9.17) is 5.73 Å². The summed E-state index contributed by atoms with van der Waals surface area (Å²) in [5.74, 6) is 0.0396. The molecule has 1 aromatic rings. The lowest BCUT2D eigenvalue weighted by Crippen LogP contribution is -2.12. The summed E-state index contributed by atoms with van der Waals surface area (Å²) in [6, 6.07) is 5.61. The van der Waals surface area contributed by atoms with Gasteiger partial charge < -0.3 is 5.73 Å². The van der Waals surface area contributed by atoms with Crippen molar-refractivity contribution in [1.29, 1.82) is 0 Å². The lowest BCUT2D eigenvalue weighted by molar-refractivity contribution is 0.0996. The van der Waals surface area contributed by atoms with Crippen LogP contribution in [-0.2, 0) is 6.42 Å². The Morgan fingerprint density at radius 2 is 2.21 bits per heavy atom. The molecule has 2 N–H and O–H groups in total. The van der Waals surface area contributed by atoms with E-state index in [2.05, 4.69) is 22.9 Å². The van der Waals surface area contributed by atoms with Crippen molar-refractivity contribution >= 4 is 27.4 Å². The van der Waals surface area contributed by atoms with Gasteiger partial charge in [-0.2, -0.15) is 0 Å². The van der Waals surface area contributed by atoms with Gasteiger partial charge in [-0.05, 0) is 31.0 Å². The van der Waals surface area contributed by atoms with Crippen molar-refractivity contribution in [3.05, 3.63) is 29.3 Å². The number of aryl methyl sites for hydroxylation is 1. The Morgan fingerprint density at radius 1 is 1.57 bits per heavy atom. The highest BCUT2D eigenvalue weighted by Gasteiger charge is 2.14. The quantitative estimate of drug-likeness (QED) is 0.513. The van der Waals surface area contributed by atoms with Gasteiger partial charge in [0.1, 0.15) is 0 Å². The molecule has 14 heavy (non-hydrogen) atoms. The fourth-order valence-electron chi connectivity index (χ4n) is 1.25. The number of benzene rings is 1. The molecule has 0 spiro atoms. The van der Waals surface area contributed by atoms with E-state index in [-0.39, 0.29) is 10.6 Å². The first-order chi connectivity index (χ1) is 6.56. The number of carbonyl (C=O) groups is 1. The van der Waals surface area contributed by atoms with Crippen LogP contribution in [0, 0.1) is 0 Å². The highest BCUT2D eigenvalue weighted by molar-refractivity contribution is 9.10. The number of halogens is 1. The van der Waals surface area contributed by atoms with Crippen LogP contribution in [0.3, 0.4) is 0 Å². The average Bonchev–Trinajstić information content (AvgIpc) is 2.17. The number of hydrogen-bond acceptors (Lipinski definition) is 2. The van der Waals surface area contributed by atoms with Crippen LogP contribution in [-0.4, -0.2) is 10.6 Å². The maximum Gasteiger partial charge on any atom is 0.178 e. The van der Waals surface area contributed by atoms with Crippen molar-refractivity contribution in [3.63, 3.8) is 0 Å². The van der Waals surface area contributed by atoms with E-state index in [9.17, 15) is 4.79 Å². The standard InChI is InChI=1S/C11H14BrNO/c1-3-8-4-5-10(13)9(6-8)11(14)7(2)12/h4-7H,3,13H2,1-2H3. The summed E-state index contributed by atoms with van der Waals surface area (Å²) in [7, 11) is 0. The van der Waals surface area contributed by atoms with Crippen LogP contribution >= 0.6 is 15.9 Å². The van der Waals surface area contributed by atoms with Gasteiger partial charge in [-0.25, -0.2) is 0 Å². The molecule has 0 aliphatic carbocycles. The zero-order valence-corrected chi connectivity index (χ0v) is 9.97. The van der Waals surface area contributed by atoms with Crippen molar-refractivity contribution in [3.8, 4) is 0 Å². The first-order valence-electron chi connectivity index (χ1n) is 4.63. The van der Waals surface area contributed by atoms with Crippen LogP contribution in [0.25, 0.3) is 0 Å². The smallest absolute Gasteiger partial charge is 0.178 e. The van der Waals surface area contributed by atoms with E-state index in [1.165, 1.54) is 0 Å². The Kier molecular flexibility index (Phi) is 3.69. The molecule has 3 heteroatoms. The monoisotopic (exact) mass is 255 g/mol. The van der Waals surface area contributed by atoms with Crippen molar-refractivity contribution in [2.24, 2.45) is 0 Å². The molecule has 1 unspecified atom stereocenters. The Bertz CT molecular complexity index is 347. The molecule has 1 rings (SSSR count). The van der Waals surface area contributed by atoms with Crippen LogP contribution in [0.2, 0.25) is 0 Å². The van der Waals surface area contributed by atoms with E-state index in [1.807, 2.05) is 12.1 Å². The third-order valence-corrected chi connectivity index (χ3v) is 2.57. The minimum atomic E-state index is -0.183. The average molecular weight is 256 g/mol. The molecule has 0 radical (unpaired) electrons. The maximum absolute atomic E-state index is 11.7. The second-order valence-corrected chi connectivity index (χ2v) is 4.63. The molecule has 76 valence electrons. The molecular weight excluding hydrogens is 242 g/mol. The van der Waals surface area contributed by atoms with Gasteiger partial charge in [0.05, 0.1) is 4.83 Å². The molecule has 0 saturated carbocycles. The van der Waals surface area contributed by atoms with Gasteiger partial charge in [-0.3, -0.25) is 4.79 Å². The molecule has 0 amide bonds. The summed E-state index contributed by atoms with van der Waals surface area (Å²) in [5.41, 5.74) is 8.05. The van der Waals surface area contributed by atoms with Gasteiger partial charge in [-0.1, -0.05) is 28.9 Å². The Balaban J connectivity index is 3.12. The second-order valence-electron chi connectivity index (χ2n) is 3.26. The van der Waals surface area contributed by atoms with Crippen LogP contribution in [0.1, 0.15) is 29.8 Å². The molecule has 0 aliphatic rings. The fourth-order valence-corrected chi connectivity index (χ4v) is 1.50. The number of nitrogens with two attached hydrogens (primary N) is 1. The molecule has 0 saturated heterocycles. The first-order valence-corrected chi connectivity index (χ1v) is 5.54. The van der Waals surface area contributed by atoms with Gasteiger partial charge in [0, 0.05) is 11.3 Å². The predicted molar refractivity (Wildman–Crippen MR) is 63.0 cm³/mol. The van der Waals surface area contributed by atoms with E-state index < -0.39 is 0 Å². The second kappa shape index (κ2) is 4.60. The van der Waals surface area contributed by atoms with Crippen LogP contribution in [0.15, 0.2) is 18.2 Å². The first kappa shape index (κ1) is 11.2. The van der Waals surface area contributed by atoms with Crippen molar-refractivity contribution in [2.45, 2.75) is 25.1 Å². The van der Waals surface area contributed by atoms with Crippen molar-refractivity contribution in [1.82, 2.24) is 0 Å². The molecule has 0 aliphatic heterocycles. The summed E-state index contributed by atoms with van der Waals surface area (Å²) in [6.07, 6.45) is 0.914. The number of ketones is 1. The van der Waals surface area contributed by atoms with E-state index >= 15 is 0 Å². The molecule has 1 aromatic carbocycles. The number of alkyl halides is 1. The molecule has 0 bridgehead atoms. The lowest BCUT2D eigenvalue weighted by Gasteiger charge is -2.08. The third kappa shape index (κ3) is 2.35. The lowest BCUT2D eigenvalue weighted by atomic mass is 10.0. The normalized spacial score (nSPS) is 12.5. The minimum Gasteiger partial charge on any atom is -0.398 e. The fraction of sp³-hybridized carbons (Fsp3) is 0.364. The van der Waals surface area contributed by atoms with Crippen LogP contribution < -0.4 is 5.73 Å². The van der Waals surface area contributed by atoms with E-state index in [0.717, 1.165) is 12.0 Å². The predicted octanol–water partition coefficient (Wildman–Crippen LogP) is 2.80. The van der Waals surface area contributed by atoms with Crippen molar-refractivity contribution < 1.29 is 4.79 Å². The molecule has 0 aromatic heterocycles. The SMILES string of the molecule is CCc1ccc(N)c(C(=O)C(C)Br)c1. The van der Waals surface area contributed by atoms with Gasteiger partial charge in [0.15, 0.2) is 5.78 Å². The van der Waals surface area contributed by atoms with Gasteiger partial charge in [-0.15, -0.1) is 0 Å². The van der Waals surface area contributed by atoms with Crippen LogP contribution in [0.4, 0.5) is 5.69 Å². The van der Waals surface area contributed by atoms with E-state index in [1.54, 1.807) is 13.0 Å². The highest BCUT2D eigenvalue weighted by atomic mass is 79.9. The number of anilines is 1. The molecule has 0 fully saturated rings. The molecule has 0 heterocycles. The third-order valence-electron chi connectivity index (χ3n) is 2.15. The number of Topliss-reactive ketones (excluding diaryl/α,β-unsaturated/α-hetero) is 1. The summed E-state index contributed by atoms with van der Waals surface area (Å²) in [5, 5.41) is 0. The van der Waals surface area contributed by atoms with Crippen molar-refractivity contribution in [2.75, 3.05) is 5.73 Å². The van der Waals surface area contributed by atoms with Gasteiger partial charge >= 0.3 is 0 Å². The van der Waals surface area contributed by atoms with Gasteiger partial charge in [0.25, 0.3) is 0 Å². The summed E-state index contributed by atoms with van der Waals surface area (Å²) in [4.78, 5) is 11.5. The Morgan fingerprint density at radius 3 is 2.71 bits per heavy atom. The van der Waals surface area contributed by atoms with E-state index in [0.29, 0.717) is 11.3 Å². The summed E-state index contributed by atoms with van der Waals surface area (Å²) < 4.78 is 0. The highest BCUT2D eigenvalue weighted by Crippen LogP contribution is 2.18. The number of carbonyl (C=O) groups excluding carboxylic acids is 1.